The summed E-state index contributed by atoms with van der Waals surface area (Å²) in [7, 11) is 4.00. The highest BCUT2D eigenvalue weighted by atomic mass is 79.9. The molecule has 2 unspecified atom stereocenters. The average Bonchev–Trinajstić information content (AvgIpc) is 2.48. The highest BCUT2D eigenvalue weighted by Gasteiger charge is 2.25. The van der Waals surface area contributed by atoms with Crippen LogP contribution in [0.25, 0.3) is 0 Å². The van der Waals surface area contributed by atoms with Crippen molar-refractivity contribution in [3.05, 3.63) is 29.8 Å². The van der Waals surface area contributed by atoms with Crippen molar-refractivity contribution in [2.45, 2.75) is 31.7 Å². The van der Waals surface area contributed by atoms with E-state index in [0.717, 1.165) is 23.0 Å². The lowest BCUT2D eigenvalue weighted by Crippen LogP contribution is -2.42. The summed E-state index contributed by atoms with van der Waals surface area (Å²) in [6.45, 7) is 0. The van der Waals surface area contributed by atoms with Crippen LogP contribution in [0.4, 0.5) is 5.69 Å². The first-order chi connectivity index (χ1) is 9.61. The molecule has 1 aromatic carbocycles. The van der Waals surface area contributed by atoms with Gasteiger partial charge in [-0.15, -0.1) is 0 Å². The molecule has 1 N–H and O–H groups in total. The summed E-state index contributed by atoms with van der Waals surface area (Å²) in [5.41, 5.74) is 1.85. The molecule has 2 atom stereocenters. The number of amides is 1. The van der Waals surface area contributed by atoms with E-state index in [0.29, 0.717) is 12.0 Å². The second-order valence-corrected chi connectivity index (χ2v) is 6.37. The van der Waals surface area contributed by atoms with Crippen molar-refractivity contribution in [3.8, 4) is 0 Å². The zero-order valence-corrected chi connectivity index (χ0v) is 13.8. The largest absolute Gasteiger partial charge is 0.378 e. The topological polar surface area (TPSA) is 32.3 Å². The number of nitrogens with one attached hydrogen (secondary N) is 1. The second-order valence-electron chi connectivity index (χ2n) is 5.72. The third-order valence-electron chi connectivity index (χ3n) is 4.07. The van der Waals surface area contributed by atoms with Crippen LogP contribution < -0.4 is 10.2 Å². The number of hydrogen-bond donors (Lipinski definition) is 1. The molecule has 20 heavy (non-hydrogen) atoms. The van der Waals surface area contributed by atoms with Gasteiger partial charge in [0.2, 0.25) is 0 Å². The van der Waals surface area contributed by atoms with E-state index in [9.17, 15) is 4.79 Å². The van der Waals surface area contributed by atoms with Gasteiger partial charge in [0.1, 0.15) is 0 Å². The van der Waals surface area contributed by atoms with Gasteiger partial charge < -0.3 is 10.2 Å². The lowest BCUT2D eigenvalue weighted by molar-refractivity contribution is 0.0911. The number of anilines is 1. The molecule has 1 aromatic rings. The highest BCUT2D eigenvalue weighted by Crippen LogP contribution is 2.26. The Kier molecular flexibility index (Phi) is 5.46. The summed E-state index contributed by atoms with van der Waals surface area (Å²) in [6, 6.07) is 8.08. The number of alkyl halides is 1. The molecule has 1 saturated carbocycles. The van der Waals surface area contributed by atoms with Crippen LogP contribution in [0.3, 0.4) is 0 Å². The van der Waals surface area contributed by atoms with Gasteiger partial charge in [-0.05, 0) is 43.0 Å². The minimum Gasteiger partial charge on any atom is -0.378 e. The van der Waals surface area contributed by atoms with E-state index in [1.807, 2.05) is 43.3 Å². The van der Waals surface area contributed by atoms with Crippen LogP contribution in [0.15, 0.2) is 24.3 Å². The van der Waals surface area contributed by atoms with Crippen molar-refractivity contribution >= 4 is 27.5 Å². The molecule has 0 saturated heterocycles. The molecule has 0 spiro atoms. The van der Waals surface area contributed by atoms with Gasteiger partial charge in [0, 0.05) is 36.7 Å². The summed E-state index contributed by atoms with van der Waals surface area (Å²) in [5.74, 6) is 0.613. The van der Waals surface area contributed by atoms with Crippen LogP contribution in [0.1, 0.15) is 36.0 Å². The van der Waals surface area contributed by atoms with E-state index in [-0.39, 0.29) is 5.91 Å². The van der Waals surface area contributed by atoms with Gasteiger partial charge in [0.05, 0.1) is 0 Å². The molecule has 110 valence electrons. The number of halogens is 1. The maximum absolute atomic E-state index is 12.3. The average molecular weight is 339 g/mol. The van der Waals surface area contributed by atoms with Crippen LogP contribution in [-0.4, -0.2) is 31.4 Å². The molecule has 0 heterocycles. The second kappa shape index (κ2) is 7.11. The zero-order valence-electron chi connectivity index (χ0n) is 12.2. The molecule has 1 aliphatic carbocycles. The number of benzene rings is 1. The molecule has 0 radical (unpaired) electrons. The summed E-state index contributed by atoms with van der Waals surface area (Å²) < 4.78 is 0. The van der Waals surface area contributed by atoms with Crippen molar-refractivity contribution < 1.29 is 4.79 Å². The molecule has 1 fully saturated rings. The smallest absolute Gasteiger partial charge is 0.251 e. The first-order valence-electron chi connectivity index (χ1n) is 7.26. The Balaban J connectivity index is 2.00. The molecule has 0 bridgehead atoms. The van der Waals surface area contributed by atoms with E-state index in [2.05, 4.69) is 21.2 Å². The molecule has 3 nitrogen and oxygen atoms in total. The number of carbonyl (C=O) groups is 1. The normalized spacial score (nSPS) is 22.4. The molecular formula is C16H23BrN2O. The van der Waals surface area contributed by atoms with E-state index < -0.39 is 0 Å². The van der Waals surface area contributed by atoms with E-state index in [4.69, 9.17) is 0 Å². The molecule has 1 amide bonds. The van der Waals surface area contributed by atoms with Gasteiger partial charge in [0.15, 0.2) is 0 Å². The summed E-state index contributed by atoms with van der Waals surface area (Å²) in [5, 5.41) is 4.17. The van der Waals surface area contributed by atoms with Crippen molar-refractivity contribution in [1.29, 1.82) is 0 Å². The van der Waals surface area contributed by atoms with Crippen LogP contribution in [-0.2, 0) is 0 Å². The van der Waals surface area contributed by atoms with E-state index >= 15 is 0 Å². The molecule has 0 aliphatic heterocycles. The molecular weight excluding hydrogens is 316 g/mol. The lowest BCUT2D eigenvalue weighted by Gasteiger charge is -2.31. The van der Waals surface area contributed by atoms with Gasteiger partial charge >= 0.3 is 0 Å². The van der Waals surface area contributed by atoms with Gasteiger partial charge in [-0.2, -0.15) is 0 Å². The quantitative estimate of drug-likeness (QED) is 0.853. The fourth-order valence-electron chi connectivity index (χ4n) is 2.75. The van der Waals surface area contributed by atoms with Gasteiger partial charge in [-0.1, -0.05) is 28.8 Å². The molecule has 4 heteroatoms. The first-order valence-corrected chi connectivity index (χ1v) is 8.38. The minimum absolute atomic E-state index is 0.0492. The number of rotatable bonds is 4. The third kappa shape index (κ3) is 3.75. The van der Waals surface area contributed by atoms with Crippen LogP contribution in [0.5, 0.6) is 0 Å². The van der Waals surface area contributed by atoms with Gasteiger partial charge in [-0.3, -0.25) is 4.79 Å². The Morgan fingerprint density at radius 2 is 1.90 bits per heavy atom. The van der Waals surface area contributed by atoms with Gasteiger partial charge in [-0.25, -0.2) is 0 Å². The van der Waals surface area contributed by atoms with Crippen LogP contribution >= 0.6 is 15.9 Å². The Hall–Kier alpha value is -1.03. The van der Waals surface area contributed by atoms with Crippen LogP contribution in [0, 0.1) is 5.92 Å². The van der Waals surface area contributed by atoms with Gasteiger partial charge in [0.25, 0.3) is 5.91 Å². The van der Waals surface area contributed by atoms with E-state index in [1.54, 1.807) is 0 Å². The Morgan fingerprint density at radius 3 is 2.50 bits per heavy atom. The molecule has 2 rings (SSSR count). The fraction of sp³-hybridized carbons (Fsp3) is 0.562. The van der Waals surface area contributed by atoms with Crippen molar-refractivity contribution in [3.63, 3.8) is 0 Å². The maximum atomic E-state index is 12.3. The minimum atomic E-state index is 0.0492. The first kappa shape index (κ1) is 15.4. The Bertz CT molecular complexity index is 444. The zero-order chi connectivity index (χ0) is 14.5. The monoisotopic (exact) mass is 338 g/mol. The number of nitrogens with zero attached hydrogens (tertiary/aromatic N) is 1. The maximum Gasteiger partial charge on any atom is 0.251 e. The Labute approximate surface area is 129 Å². The molecule has 1 aliphatic rings. The summed E-state index contributed by atoms with van der Waals surface area (Å²) in [4.78, 5) is 14.3. The van der Waals surface area contributed by atoms with Crippen molar-refractivity contribution in [2.75, 3.05) is 24.3 Å². The predicted molar refractivity (Wildman–Crippen MR) is 87.8 cm³/mol. The van der Waals surface area contributed by atoms with Crippen molar-refractivity contribution in [2.24, 2.45) is 5.92 Å². The lowest BCUT2D eigenvalue weighted by atomic mass is 9.86. The fourth-order valence-corrected chi connectivity index (χ4v) is 3.52. The molecule has 0 aromatic heterocycles. The number of hydrogen-bond acceptors (Lipinski definition) is 2. The standard InChI is InChI=1S/C16H23BrN2O/c1-19(2)14-9-7-12(8-10-14)16(20)18-15-6-4-3-5-13(15)11-17/h7-10,13,15H,3-6,11H2,1-2H3,(H,18,20). The van der Waals surface area contributed by atoms with Crippen LogP contribution in [0.2, 0.25) is 0 Å². The Morgan fingerprint density at radius 1 is 1.25 bits per heavy atom. The third-order valence-corrected chi connectivity index (χ3v) is 4.90. The van der Waals surface area contributed by atoms with E-state index in [1.165, 1.54) is 19.3 Å². The SMILES string of the molecule is CN(C)c1ccc(C(=O)NC2CCCCC2CBr)cc1. The summed E-state index contributed by atoms with van der Waals surface area (Å²) in [6.07, 6.45) is 4.79. The van der Waals surface area contributed by atoms with Crippen molar-refractivity contribution in [1.82, 2.24) is 5.32 Å². The highest BCUT2D eigenvalue weighted by molar-refractivity contribution is 9.09. The summed E-state index contributed by atoms with van der Waals surface area (Å²) >= 11 is 3.57. The predicted octanol–water partition coefficient (Wildman–Crippen LogP) is 3.44. The number of carbonyl (C=O) groups excluding carboxylic acids is 1.